The molecule has 1 aliphatic rings. The average molecular weight is 444 g/mol. The molecule has 0 bridgehead atoms. The molecule has 2 aromatic heterocycles. The van der Waals surface area contributed by atoms with Gasteiger partial charge in [0.2, 0.25) is 5.78 Å². The van der Waals surface area contributed by atoms with Crippen molar-refractivity contribution in [3.63, 3.8) is 0 Å². The third kappa shape index (κ3) is 4.70. The highest BCUT2D eigenvalue weighted by Crippen LogP contribution is 2.30. The molecule has 3 aromatic rings. The molecule has 1 aromatic carbocycles. The molecule has 2 atom stereocenters. The summed E-state index contributed by atoms with van der Waals surface area (Å²) in [6.45, 7) is -0.143. The van der Waals surface area contributed by atoms with Gasteiger partial charge in [-0.05, 0) is 48.6 Å². The first kappa shape index (κ1) is 20.9. The van der Waals surface area contributed by atoms with Gasteiger partial charge < -0.3 is 15.5 Å². The van der Waals surface area contributed by atoms with Crippen molar-refractivity contribution < 1.29 is 15.0 Å². The van der Waals surface area contributed by atoms with E-state index in [1.807, 2.05) is 24.3 Å². The number of aromatic nitrogens is 2. The third-order valence-electron chi connectivity index (χ3n) is 5.25. The molecule has 0 aliphatic heterocycles. The van der Waals surface area contributed by atoms with Gasteiger partial charge in [-0.1, -0.05) is 23.7 Å². The maximum absolute atomic E-state index is 13.2. The molecular weight excluding hydrogens is 422 g/mol. The van der Waals surface area contributed by atoms with E-state index in [1.54, 1.807) is 6.07 Å². The molecule has 6 nitrogen and oxygen atoms in total. The normalized spacial score (nSPS) is 18.5. The zero-order valence-corrected chi connectivity index (χ0v) is 17.8. The van der Waals surface area contributed by atoms with E-state index in [0.29, 0.717) is 34.1 Å². The van der Waals surface area contributed by atoms with Gasteiger partial charge in [0.15, 0.2) is 0 Å². The largest absolute Gasteiger partial charge is 0.393 e. The van der Waals surface area contributed by atoms with Crippen molar-refractivity contribution in [1.29, 1.82) is 0 Å². The number of hydrogen-bond donors (Lipinski definition) is 3. The SMILES string of the molecule is O=C(c1cc(CO)c(Cc2cccc(Cl)c2)s1)c1cncnc1N[C@@H]1CC[C@H](O)C1. The Hall–Kier alpha value is -2.32. The first-order valence-electron chi connectivity index (χ1n) is 9.79. The quantitative estimate of drug-likeness (QED) is 0.480. The van der Waals surface area contributed by atoms with Crippen molar-refractivity contribution in [3.8, 4) is 0 Å². The third-order valence-corrected chi connectivity index (χ3v) is 6.66. The smallest absolute Gasteiger partial charge is 0.208 e. The number of rotatable bonds is 7. The van der Waals surface area contributed by atoms with Gasteiger partial charge in [-0.25, -0.2) is 9.97 Å². The number of carbonyl (C=O) groups excluding carboxylic acids is 1. The van der Waals surface area contributed by atoms with E-state index in [1.165, 1.54) is 23.9 Å². The van der Waals surface area contributed by atoms with Crippen molar-refractivity contribution in [2.45, 2.75) is 44.4 Å². The van der Waals surface area contributed by atoms with Crippen molar-refractivity contribution >= 4 is 34.5 Å². The number of aliphatic hydroxyl groups is 2. The fourth-order valence-corrected chi connectivity index (χ4v) is 5.10. The molecule has 4 rings (SSSR count). The van der Waals surface area contributed by atoms with Crippen LogP contribution in [-0.2, 0) is 13.0 Å². The molecule has 1 saturated carbocycles. The fourth-order valence-electron chi connectivity index (χ4n) is 3.72. The number of hydrogen-bond acceptors (Lipinski definition) is 7. The number of benzene rings is 1. The number of ketones is 1. The zero-order valence-electron chi connectivity index (χ0n) is 16.2. The van der Waals surface area contributed by atoms with E-state index in [0.717, 1.165) is 28.8 Å². The van der Waals surface area contributed by atoms with Crippen LogP contribution in [0.3, 0.4) is 0 Å². The number of nitrogens with one attached hydrogen (secondary N) is 1. The summed E-state index contributed by atoms with van der Waals surface area (Å²) in [5, 5.41) is 23.5. The topological polar surface area (TPSA) is 95.3 Å². The maximum Gasteiger partial charge on any atom is 0.208 e. The molecule has 0 amide bonds. The van der Waals surface area contributed by atoms with Crippen LogP contribution in [0.1, 0.15) is 50.5 Å². The Labute approximate surface area is 183 Å². The van der Waals surface area contributed by atoms with Gasteiger partial charge in [0.1, 0.15) is 12.1 Å². The predicted octanol–water partition coefficient (Wildman–Crippen LogP) is 3.83. The lowest BCUT2D eigenvalue weighted by atomic mass is 10.1. The summed E-state index contributed by atoms with van der Waals surface area (Å²) < 4.78 is 0. The Morgan fingerprint density at radius 1 is 1.30 bits per heavy atom. The molecule has 1 fully saturated rings. The van der Waals surface area contributed by atoms with Crippen molar-refractivity contribution in [2.75, 3.05) is 5.32 Å². The van der Waals surface area contributed by atoms with Gasteiger partial charge in [-0.3, -0.25) is 4.79 Å². The lowest BCUT2D eigenvalue weighted by molar-refractivity contribution is 0.104. The zero-order chi connectivity index (χ0) is 21.1. The van der Waals surface area contributed by atoms with E-state index in [2.05, 4.69) is 15.3 Å². The highest BCUT2D eigenvalue weighted by molar-refractivity contribution is 7.14. The summed E-state index contributed by atoms with van der Waals surface area (Å²) in [6.07, 6.45) is 5.39. The lowest BCUT2D eigenvalue weighted by Crippen LogP contribution is -2.20. The van der Waals surface area contributed by atoms with E-state index >= 15 is 0 Å². The van der Waals surface area contributed by atoms with Crippen molar-refractivity contribution in [2.24, 2.45) is 0 Å². The standard InChI is InChI=1S/C22H22ClN3O3S/c23-15-3-1-2-13(6-15)7-19-14(11-27)8-20(30-19)21(29)18-10-24-12-25-22(18)26-16-4-5-17(28)9-16/h1-3,6,8,10,12,16-17,27-28H,4-5,7,9,11H2,(H,24,25,26)/t16-,17+/m1/s1. The minimum atomic E-state index is -0.318. The monoisotopic (exact) mass is 443 g/mol. The molecule has 30 heavy (non-hydrogen) atoms. The summed E-state index contributed by atoms with van der Waals surface area (Å²) in [5.41, 5.74) is 2.13. The molecule has 0 spiro atoms. The van der Waals surface area contributed by atoms with Crippen molar-refractivity contribution in [1.82, 2.24) is 9.97 Å². The van der Waals surface area contributed by atoms with Crippen LogP contribution in [0.4, 0.5) is 5.82 Å². The second-order valence-corrected chi connectivity index (χ2v) is 9.02. The summed E-state index contributed by atoms with van der Waals surface area (Å²) >= 11 is 7.44. The molecule has 3 N–H and O–H groups in total. The van der Waals surface area contributed by atoms with Gasteiger partial charge in [0, 0.05) is 28.6 Å². The number of nitrogens with zero attached hydrogens (tertiary/aromatic N) is 2. The minimum Gasteiger partial charge on any atom is -0.393 e. The van der Waals surface area contributed by atoms with Crippen LogP contribution in [0.15, 0.2) is 42.9 Å². The minimum absolute atomic E-state index is 0.0798. The van der Waals surface area contributed by atoms with Gasteiger partial charge >= 0.3 is 0 Å². The molecule has 0 unspecified atom stereocenters. The van der Waals surface area contributed by atoms with Crippen LogP contribution < -0.4 is 5.32 Å². The molecule has 156 valence electrons. The van der Waals surface area contributed by atoms with Crippen LogP contribution in [0.5, 0.6) is 0 Å². The van der Waals surface area contributed by atoms with Crippen molar-refractivity contribution in [3.05, 3.63) is 74.3 Å². The first-order chi connectivity index (χ1) is 14.5. The lowest BCUT2D eigenvalue weighted by Gasteiger charge is -2.14. The van der Waals surface area contributed by atoms with Crippen LogP contribution >= 0.6 is 22.9 Å². The average Bonchev–Trinajstić information content (AvgIpc) is 3.33. The summed E-state index contributed by atoms with van der Waals surface area (Å²) in [7, 11) is 0. The van der Waals surface area contributed by atoms with Crippen LogP contribution in [0, 0.1) is 0 Å². The highest BCUT2D eigenvalue weighted by Gasteiger charge is 2.26. The summed E-state index contributed by atoms with van der Waals surface area (Å²) in [6, 6.07) is 9.37. The van der Waals surface area contributed by atoms with Gasteiger partial charge in [-0.2, -0.15) is 0 Å². The second-order valence-electron chi connectivity index (χ2n) is 7.45. The molecule has 0 saturated heterocycles. The molecule has 0 radical (unpaired) electrons. The van der Waals surface area contributed by atoms with E-state index in [4.69, 9.17) is 11.6 Å². The number of carbonyl (C=O) groups is 1. The van der Waals surface area contributed by atoms with Gasteiger partial charge in [0.25, 0.3) is 0 Å². The molecule has 1 aliphatic carbocycles. The number of halogens is 1. The Morgan fingerprint density at radius 3 is 2.90 bits per heavy atom. The van der Waals surface area contributed by atoms with Crippen LogP contribution in [0.25, 0.3) is 0 Å². The first-order valence-corrected chi connectivity index (χ1v) is 11.0. The predicted molar refractivity (Wildman–Crippen MR) is 117 cm³/mol. The Bertz CT molecular complexity index is 1060. The highest BCUT2D eigenvalue weighted by atomic mass is 35.5. The van der Waals surface area contributed by atoms with Crippen LogP contribution in [0.2, 0.25) is 5.02 Å². The van der Waals surface area contributed by atoms with E-state index in [9.17, 15) is 15.0 Å². The van der Waals surface area contributed by atoms with Gasteiger partial charge in [-0.15, -0.1) is 11.3 Å². The molecular formula is C22H22ClN3O3S. The number of aliphatic hydroxyl groups excluding tert-OH is 2. The Morgan fingerprint density at radius 2 is 2.17 bits per heavy atom. The summed E-state index contributed by atoms with van der Waals surface area (Å²) in [5.74, 6) is 0.290. The maximum atomic E-state index is 13.2. The number of thiophene rings is 1. The second kappa shape index (κ2) is 9.22. The Kier molecular flexibility index (Phi) is 6.43. The fraction of sp³-hybridized carbons (Fsp3) is 0.318. The van der Waals surface area contributed by atoms with E-state index in [-0.39, 0.29) is 24.5 Å². The number of anilines is 1. The van der Waals surface area contributed by atoms with E-state index < -0.39 is 0 Å². The van der Waals surface area contributed by atoms with Gasteiger partial charge in [0.05, 0.1) is 23.2 Å². The molecule has 8 heteroatoms. The Balaban J connectivity index is 1.59. The van der Waals surface area contributed by atoms with Crippen LogP contribution in [-0.4, -0.2) is 38.1 Å². The molecule has 2 heterocycles. The summed E-state index contributed by atoms with van der Waals surface area (Å²) in [4.78, 5) is 23.0.